The van der Waals surface area contributed by atoms with E-state index in [2.05, 4.69) is 19.9 Å². The second-order valence-corrected chi connectivity index (χ2v) is 11.6. The average Bonchev–Trinajstić information content (AvgIpc) is 3.73. The van der Waals surface area contributed by atoms with E-state index in [1.165, 1.54) is 6.20 Å². The molecule has 2 fully saturated rings. The highest BCUT2D eigenvalue weighted by molar-refractivity contribution is 6.28. The first-order chi connectivity index (χ1) is 21.1. The van der Waals surface area contributed by atoms with Crippen molar-refractivity contribution in [2.45, 2.75) is 109 Å². The fourth-order valence-electron chi connectivity index (χ4n) is 6.33. The molecule has 240 valence electrons. The number of esters is 1. The summed E-state index contributed by atoms with van der Waals surface area (Å²) in [6.07, 6.45) is 11.6. The second kappa shape index (κ2) is 15.1. The van der Waals surface area contributed by atoms with Crippen LogP contribution in [0.2, 0.25) is 10.6 Å². The number of nitro groups is 1. The molecule has 2 aliphatic carbocycles. The number of hydroxylamine groups is 1. The number of fused-ring (bicyclic) bond motifs is 1. The third-order valence-electron chi connectivity index (χ3n) is 8.29. The van der Waals surface area contributed by atoms with Gasteiger partial charge in [-0.2, -0.15) is 15.0 Å². The molecule has 0 radical (unpaired) electrons. The molecule has 44 heavy (non-hydrogen) atoms. The predicted octanol–water partition coefficient (Wildman–Crippen LogP) is 5.52. The zero-order valence-corrected chi connectivity index (χ0v) is 26.6. The number of hydrogen-bond donors (Lipinski definition) is 1. The van der Waals surface area contributed by atoms with E-state index in [0.29, 0.717) is 29.4 Å². The summed E-state index contributed by atoms with van der Waals surface area (Å²) in [6.45, 7) is 5.76. The number of rotatable bonds is 9. The molecule has 2 aromatic heterocycles. The number of aromatic nitrogens is 4. The first-order valence-corrected chi connectivity index (χ1v) is 15.8. The average molecular weight is 654 g/mol. The van der Waals surface area contributed by atoms with E-state index in [1.807, 2.05) is 18.7 Å². The zero-order chi connectivity index (χ0) is 32.0. The van der Waals surface area contributed by atoms with Gasteiger partial charge in [0.15, 0.2) is 5.82 Å². The van der Waals surface area contributed by atoms with Gasteiger partial charge in [-0.3, -0.25) is 20.1 Å². The van der Waals surface area contributed by atoms with Crippen LogP contribution in [-0.4, -0.2) is 72.7 Å². The van der Waals surface area contributed by atoms with Gasteiger partial charge in [-0.05, 0) is 68.7 Å². The Morgan fingerprint density at radius 1 is 1.09 bits per heavy atom. The van der Waals surface area contributed by atoms with Crippen molar-refractivity contribution < 1.29 is 24.5 Å². The van der Waals surface area contributed by atoms with Crippen molar-refractivity contribution in [2.24, 2.45) is 0 Å². The lowest BCUT2D eigenvalue weighted by molar-refractivity contribution is -0.384. The lowest BCUT2D eigenvalue weighted by Gasteiger charge is -2.42. The van der Waals surface area contributed by atoms with Gasteiger partial charge in [0.05, 0.1) is 17.7 Å². The van der Waals surface area contributed by atoms with Crippen LogP contribution in [0.1, 0.15) is 85.0 Å². The molecule has 14 nitrogen and oxygen atoms in total. The summed E-state index contributed by atoms with van der Waals surface area (Å²) >= 11 is 11.8. The molecule has 5 rings (SSSR count). The standard InChI is InChI=1S/C15H21ClN4O4.C13H17ClN4O2/c1-3-11(14(21)24-4-2)19(10-7-5-6-8-10)13-12(20(22)23)9-17-15(16)18-13;1-2-9-12(19)18(20)10-7-15-13(14)16-11(10)17(9)8-5-3-4-6-8/h9-11H,3-8H2,1-2H3;7-9,20H,2-6H2,1H3/t11-;9-/m11/s1. The summed E-state index contributed by atoms with van der Waals surface area (Å²) in [5.41, 5.74) is 0.0602. The van der Waals surface area contributed by atoms with Gasteiger partial charge in [-0.15, -0.1) is 0 Å². The Balaban J connectivity index is 0.000000204. The molecule has 1 aliphatic heterocycles. The molecule has 0 spiro atoms. The van der Waals surface area contributed by atoms with E-state index in [-0.39, 0.29) is 52.7 Å². The molecule has 2 aromatic rings. The van der Waals surface area contributed by atoms with Crippen molar-refractivity contribution in [3.8, 4) is 0 Å². The summed E-state index contributed by atoms with van der Waals surface area (Å²) in [4.78, 5) is 55.2. The molecule has 0 unspecified atom stereocenters. The van der Waals surface area contributed by atoms with Crippen molar-refractivity contribution in [1.82, 2.24) is 19.9 Å². The van der Waals surface area contributed by atoms with Gasteiger partial charge >= 0.3 is 11.7 Å². The van der Waals surface area contributed by atoms with Crippen LogP contribution in [0.25, 0.3) is 0 Å². The van der Waals surface area contributed by atoms with Crippen molar-refractivity contribution >= 4 is 58.1 Å². The van der Waals surface area contributed by atoms with Crippen molar-refractivity contribution in [3.63, 3.8) is 0 Å². The van der Waals surface area contributed by atoms with E-state index in [9.17, 15) is 24.9 Å². The van der Waals surface area contributed by atoms with Crippen LogP contribution in [0, 0.1) is 10.1 Å². The van der Waals surface area contributed by atoms with Gasteiger partial charge in [-0.25, -0.2) is 14.8 Å². The lowest BCUT2D eigenvalue weighted by atomic mass is 10.0. The molecule has 0 saturated heterocycles. The zero-order valence-electron chi connectivity index (χ0n) is 25.1. The van der Waals surface area contributed by atoms with Gasteiger partial charge in [0.2, 0.25) is 16.4 Å². The predicted molar refractivity (Wildman–Crippen MR) is 164 cm³/mol. The third kappa shape index (κ3) is 7.13. The number of ether oxygens (including phenoxy) is 1. The summed E-state index contributed by atoms with van der Waals surface area (Å²) in [5, 5.41) is 22.1. The van der Waals surface area contributed by atoms with E-state index >= 15 is 0 Å². The summed E-state index contributed by atoms with van der Waals surface area (Å²) in [5.74, 6) is -0.0774. The maximum atomic E-state index is 12.4. The minimum atomic E-state index is -0.641. The minimum absolute atomic E-state index is 0.0102. The molecule has 1 N–H and O–H groups in total. The summed E-state index contributed by atoms with van der Waals surface area (Å²) in [7, 11) is 0. The maximum Gasteiger partial charge on any atom is 0.329 e. The van der Waals surface area contributed by atoms with E-state index in [4.69, 9.17) is 27.9 Å². The van der Waals surface area contributed by atoms with E-state index in [1.54, 1.807) is 11.8 Å². The van der Waals surface area contributed by atoms with Crippen LogP contribution in [-0.2, 0) is 14.3 Å². The van der Waals surface area contributed by atoms with Crippen LogP contribution >= 0.6 is 23.2 Å². The first kappa shape index (κ1) is 33.5. The van der Waals surface area contributed by atoms with Gasteiger partial charge in [-0.1, -0.05) is 39.5 Å². The van der Waals surface area contributed by atoms with Crippen LogP contribution in [0.15, 0.2) is 12.4 Å². The maximum absolute atomic E-state index is 12.4. The van der Waals surface area contributed by atoms with E-state index < -0.39 is 16.9 Å². The van der Waals surface area contributed by atoms with Crippen LogP contribution in [0.3, 0.4) is 0 Å². The number of amides is 1. The number of nitrogens with zero attached hydrogens (tertiary/aromatic N) is 8. The normalized spacial score (nSPS) is 19.3. The molecule has 2 atom stereocenters. The topological polar surface area (TPSA) is 168 Å². The molecule has 16 heteroatoms. The van der Waals surface area contributed by atoms with Crippen molar-refractivity contribution in [1.29, 1.82) is 0 Å². The largest absolute Gasteiger partial charge is 0.464 e. The van der Waals surface area contributed by atoms with Crippen LogP contribution in [0.5, 0.6) is 0 Å². The molecule has 0 aromatic carbocycles. The molecular weight excluding hydrogens is 615 g/mol. The monoisotopic (exact) mass is 652 g/mol. The number of anilines is 3. The highest BCUT2D eigenvalue weighted by Crippen LogP contribution is 2.40. The Bertz CT molecular complexity index is 1340. The molecular formula is C28H38Cl2N8O6. The fraction of sp³-hybridized carbons (Fsp3) is 0.643. The Morgan fingerprint density at radius 3 is 2.30 bits per heavy atom. The SMILES string of the molecule is CCOC(=O)[C@@H](CC)N(c1nc(Cl)ncc1[N+](=O)[O-])C1CCCC1.CC[C@@H]1C(=O)N(O)c2cnc(Cl)nc2N1C1CCCC1. The Kier molecular flexibility index (Phi) is 11.5. The highest BCUT2D eigenvalue weighted by atomic mass is 35.5. The van der Waals surface area contributed by atoms with Crippen LogP contribution in [0.4, 0.5) is 23.0 Å². The second-order valence-electron chi connectivity index (χ2n) is 10.9. The van der Waals surface area contributed by atoms with E-state index in [0.717, 1.165) is 57.6 Å². The van der Waals surface area contributed by atoms with Gasteiger partial charge < -0.3 is 14.5 Å². The van der Waals surface area contributed by atoms with Crippen molar-refractivity contribution in [3.05, 3.63) is 33.1 Å². The van der Waals surface area contributed by atoms with Gasteiger partial charge in [0.1, 0.15) is 24.0 Å². The molecule has 3 heterocycles. The minimum Gasteiger partial charge on any atom is -0.464 e. The number of hydrogen-bond acceptors (Lipinski definition) is 12. The number of carbonyl (C=O) groups excluding carboxylic acids is 2. The van der Waals surface area contributed by atoms with Gasteiger partial charge in [0.25, 0.3) is 5.91 Å². The number of halogens is 2. The third-order valence-corrected chi connectivity index (χ3v) is 8.65. The Labute approximate surface area is 265 Å². The first-order valence-electron chi connectivity index (χ1n) is 15.1. The quantitative estimate of drug-likeness (QED) is 0.118. The molecule has 2 saturated carbocycles. The summed E-state index contributed by atoms with van der Waals surface area (Å²) in [6, 6.07) is -0.759. The number of carbonyl (C=O) groups is 2. The fourth-order valence-corrected chi connectivity index (χ4v) is 6.59. The highest BCUT2D eigenvalue weighted by Gasteiger charge is 2.42. The van der Waals surface area contributed by atoms with Gasteiger partial charge in [0, 0.05) is 12.1 Å². The summed E-state index contributed by atoms with van der Waals surface area (Å²) < 4.78 is 5.16. The molecule has 1 amide bonds. The van der Waals surface area contributed by atoms with Crippen LogP contribution < -0.4 is 14.9 Å². The molecule has 3 aliphatic rings. The molecule has 0 bridgehead atoms. The Hall–Kier alpha value is -3.36. The smallest absolute Gasteiger partial charge is 0.329 e. The lowest BCUT2D eigenvalue weighted by Crippen LogP contribution is -2.55. The van der Waals surface area contributed by atoms with Crippen molar-refractivity contribution in [2.75, 3.05) is 21.5 Å². The Morgan fingerprint density at radius 2 is 1.70 bits per heavy atom.